The predicted molar refractivity (Wildman–Crippen MR) is 98.1 cm³/mol. The van der Waals surface area contributed by atoms with Crippen LogP contribution in [-0.2, 0) is 11.3 Å². The maximum absolute atomic E-state index is 5.61. The number of ether oxygens (including phenoxy) is 3. The highest BCUT2D eigenvalue weighted by molar-refractivity contribution is 5.79. The van der Waals surface area contributed by atoms with Crippen molar-refractivity contribution in [1.82, 2.24) is 10.6 Å². The number of methoxy groups -OCH3 is 2. The summed E-state index contributed by atoms with van der Waals surface area (Å²) in [5, 5.41) is 6.54. The van der Waals surface area contributed by atoms with Crippen molar-refractivity contribution >= 4 is 5.96 Å². The van der Waals surface area contributed by atoms with Gasteiger partial charge in [-0.1, -0.05) is 6.07 Å². The van der Waals surface area contributed by atoms with E-state index in [9.17, 15) is 0 Å². The van der Waals surface area contributed by atoms with Gasteiger partial charge < -0.3 is 24.8 Å². The second kappa shape index (κ2) is 10.0. The lowest BCUT2D eigenvalue weighted by Gasteiger charge is -2.24. The Bertz CT molecular complexity index is 530. The summed E-state index contributed by atoms with van der Waals surface area (Å²) in [6, 6.07) is 5.87. The van der Waals surface area contributed by atoms with Crippen LogP contribution in [0.4, 0.5) is 0 Å². The molecule has 1 aromatic rings. The first-order chi connectivity index (χ1) is 11.5. The summed E-state index contributed by atoms with van der Waals surface area (Å²) in [6.07, 6.45) is 0. The van der Waals surface area contributed by atoms with Crippen LogP contribution in [0.3, 0.4) is 0 Å². The minimum atomic E-state index is -0.252. The van der Waals surface area contributed by atoms with Crippen molar-refractivity contribution in [2.75, 3.05) is 33.9 Å². The van der Waals surface area contributed by atoms with Crippen LogP contribution in [0.15, 0.2) is 23.2 Å². The standard InChI is InChI=1S/C18H31N3O3/c1-7-19-17(21-13-18(3,4)23-6)20-12-14-9-10-15(22-5)16(11-14)24-8-2/h9-11H,7-8,12-13H2,1-6H3,(H2,19,20,21). The zero-order valence-electron chi connectivity index (χ0n) is 15.7. The molecule has 0 heterocycles. The topological polar surface area (TPSA) is 64.1 Å². The summed E-state index contributed by atoms with van der Waals surface area (Å²) in [5.41, 5.74) is 0.806. The van der Waals surface area contributed by atoms with Gasteiger partial charge in [-0.3, -0.25) is 0 Å². The molecule has 0 bridgehead atoms. The van der Waals surface area contributed by atoms with Crippen LogP contribution in [0.5, 0.6) is 11.5 Å². The summed E-state index contributed by atoms with van der Waals surface area (Å²) in [6.45, 7) is 10.7. The molecule has 6 heteroatoms. The average Bonchev–Trinajstić information content (AvgIpc) is 2.58. The van der Waals surface area contributed by atoms with Gasteiger partial charge in [0.2, 0.25) is 0 Å². The van der Waals surface area contributed by atoms with Crippen LogP contribution in [0.1, 0.15) is 33.3 Å². The Hall–Kier alpha value is -1.95. The highest BCUT2D eigenvalue weighted by Crippen LogP contribution is 2.28. The fourth-order valence-electron chi connectivity index (χ4n) is 1.97. The minimum Gasteiger partial charge on any atom is -0.493 e. The van der Waals surface area contributed by atoms with E-state index in [1.807, 2.05) is 45.9 Å². The molecule has 0 aromatic heterocycles. The molecule has 24 heavy (non-hydrogen) atoms. The maximum atomic E-state index is 5.61. The Kier molecular flexibility index (Phi) is 8.40. The third-order valence-corrected chi connectivity index (χ3v) is 3.53. The lowest BCUT2D eigenvalue weighted by Crippen LogP contribution is -2.45. The molecule has 0 atom stereocenters. The number of aliphatic imine (C=N–C) groups is 1. The van der Waals surface area contributed by atoms with Crippen molar-refractivity contribution in [3.8, 4) is 11.5 Å². The van der Waals surface area contributed by atoms with E-state index in [0.717, 1.165) is 29.6 Å². The van der Waals surface area contributed by atoms with Crippen molar-refractivity contribution in [1.29, 1.82) is 0 Å². The van der Waals surface area contributed by atoms with Crippen molar-refractivity contribution in [3.63, 3.8) is 0 Å². The van der Waals surface area contributed by atoms with E-state index in [4.69, 9.17) is 14.2 Å². The molecule has 0 aliphatic rings. The lowest BCUT2D eigenvalue weighted by molar-refractivity contribution is 0.0268. The van der Waals surface area contributed by atoms with Crippen LogP contribution in [-0.4, -0.2) is 45.5 Å². The Balaban J connectivity index is 2.79. The molecule has 0 fully saturated rings. The summed E-state index contributed by atoms with van der Waals surface area (Å²) < 4.78 is 16.3. The number of nitrogens with zero attached hydrogens (tertiary/aromatic N) is 1. The van der Waals surface area contributed by atoms with E-state index in [1.54, 1.807) is 14.2 Å². The second-order valence-corrected chi connectivity index (χ2v) is 5.93. The fraction of sp³-hybridized carbons (Fsp3) is 0.611. The normalized spacial score (nSPS) is 12.0. The first kappa shape index (κ1) is 20.1. The molecular weight excluding hydrogens is 306 g/mol. The number of guanidine groups is 1. The zero-order valence-corrected chi connectivity index (χ0v) is 15.7. The van der Waals surface area contributed by atoms with Gasteiger partial charge in [0.25, 0.3) is 0 Å². The third kappa shape index (κ3) is 6.66. The Morgan fingerprint density at radius 1 is 1.12 bits per heavy atom. The predicted octanol–water partition coefficient (Wildman–Crippen LogP) is 2.57. The maximum Gasteiger partial charge on any atom is 0.191 e. The molecule has 0 unspecified atom stereocenters. The average molecular weight is 337 g/mol. The van der Waals surface area contributed by atoms with Crippen molar-refractivity contribution in [2.45, 2.75) is 39.8 Å². The van der Waals surface area contributed by atoms with Crippen LogP contribution in [0, 0.1) is 0 Å². The number of hydrogen-bond acceptors (Lipinski definition) is 4. The van der Waals surface area contributed by atoms with Gasteiger partial charge in [-0.05, 0) is 45.4 Å². The Morgan fingerprint density at radius 2 is 1.88 bits per heavy atom. The quantitative estimate of drug-likeness (QED) is 0.536. The first-order valence-corrected chi connectivity index (χ1v) is 8.32. The van der Waals surface area contributed by atoms with Gasteiger partial charge in [0, 0.05) is 20.2 Å². The molecule has 0 spiro atoms. The van der Waals surface area contributed by atoms with Crippen molar-refractivity contribution in [3.05, 3.63) is 23.8 Å². The molecule has 2 N–H and O–H groups in total. The molecule has 0 aliphatic carbocycles. The molecule has 0 aliphatic heterocycles. The molecule has 1 rings (SSSR count). The van der Waals surface area contributed by atoms with Gasteiger partial charge in [0.1, 0.15) is 0 Å². The largest absolute Gasteiger partial charge is 0.493 e. The zero-order chi connectivity index (χ0) is 18.0. The monoisotopic (exact) mass is 337 g/mol. The van der Waals surface area contributed by atoms with E-state index in [1.165, 1.54) is 0 Å². The molecule has 0 radical (unpaired) electrons. The number of hydrogen-bond donors (Lipinski definition) is 2. The summed E-state index contributed by atoms with van der Waals surface area (Å²) in [5.74, 6) is 2.24. The van der Waals surface area contributed by atoms with Gasteiger partial charge in [-0.2, -0.15) is 0 Å². The smallest absolute Gasteiger partial charge is 0.191 e. The molecule has 0 amide bonds. The molecule has 0 saturated heterocycles. The second-order valence-electron chi connectivity index (χ2n) is 5.93. The van der Waals surface area contributed by atoms with Gasteiger partial charge in [-0.25, -0.2) is 4.99 Å². The lowest BCUT2D eigenvalue weighted by atomic mass is 10.1. The molecule has 0 saturated carbocycles. The van der Waals surface area contributed by atoms with Crippen LogP contribution in [0.25, 0.3) is 0 Å². The van der Waals surface area contributed by atoms with Crippen LogP contribution in [0.2, 0.25) is 0 Å². The highest BCUT2D eigenvalue weighted by atomic mass is 16.5. The SMILES string of the molecule is CCNC(=NCc1ccc(OC)c(OCC)c1)NCC(C)(C)OC. The molecule has 136 valence electrons. The molecular formula is C18H31N3O3. The highest BCUT2D eigenvalue weighted by Gasteiger charge is 2.16. The van der Waals surface area contributed by atoms with Crippen LogP contribution < -0.4 is 20.1 Å². The van der Waals surface area contributed by atoms with Crippen LogP contribution >= 0.6 is 0 Å². The van der Waals surface area contributed by atoms with Gasteiger partial charge in [0.05, 0.1) is 25.9 Å². The Morgan fingerprint density at radius 3 is 2.46 bits per heavy atom. The third-order valence-electron chi connectivity index (χ3n) is 3.53. The summed E-state index contributed by atoms with van der Waals surface area (Å²) >= 11 is 0. The van der Waals surface area contributed by atoms with E-state index in [2.05, 4.69) is 15.6 Å². The summed E-state index contributed by atoms with van der Waals surface area (Å²) in [4.78, 5) is 4.62. The first-order valence-electron chi connectivity index (χ1n) is 8.32. The number of rotatable bonds is 9. The molecule has 6 nitrogen and oxygen atoms in total. The van der Waals surface area contributed by atoms with Gasteiger partial charge in [0.15, 0.2) is 17.5 Å². The minimum absolute atomic E-state index is 0.252. The summed E-state index contributed by atoms with van der Waals surface area (Å²) in [7, 11) is 3.35. The van der Waals surface area contributed by atoms with E-state index in [-0.39, 0.29) is 5.60 Å². The van der Waals surface area contributed by atoms with Crippen molar-refractivity contribution < 1.29 is 14.2 Å². The van der Waals surface area contributed by atoms with Gasteiger partial charge in [-0.15, -0.1) is 0 Å². The van der Waals surface area contributed by atoms with E-state index in [0.29, 0.717) is 19.7 Å². The number of nitrogens with one attached hydrogen (secondary N) is 2. The number of benzene rings is 1. The van der Waals surface area contributed by atoms with E-state index >= 15 is 0 Å². The van der Waals surface area contributed by atoms with Gasteiger partial charge >= 0.3 is 0 Å². The fourth-order valence-corrected chi connectivity index (χ4v) is 1.97. The Labute approximate surface area is 145 Å². The molecule has 1 aromatic carbocycles. The van der Waals surface area contributed by atoms with Crippen molar-refractivity contribution in [2.24, 2.45) is 4.99 Å². The van der Waals surface area contributed by atoms with E-state index < -0.39 is 0 Å².